The Morgan fingerprint density at radius 2 is 2.02 bits per heavy atom. The van der Waals surface area contributed by atoms with Crippen LogP contribution in [0.1, 0.15) is 32.3 Å². The number of fused-ring (bicyclic) bond motifs is 3. The number of rotatable bonds is 6. The molecule has 2 bridgehead atoms. The smallest absolute Gasteiger partial charge is 0.238 e. The minimum Gasteiger partial charge on any atom is -0.370 e. The molecule has 14 heteroatoms. The van der Waals surface area contributed by atoms with Gasteiger partial charge in [0.05, 0.1) is 42.5 Å². The lowest BCUT2D eigenvalue weighted by Gasteiger charge is -2.56. The first kappa shape index (κ1) is 30.4. The van der Waals surface area contributed by atoms with Crippen molar-refractivity contribution in [2.45, 2.75) is 55.8 Å². The number of allylic oxidation sites excluding steroid dienone is 1. The molecule has 4 heterocycles. The second-order valence-electron chi connectivity index (χ2n) is 12.4. The van der Waals surface area contributed by atoms with Gasteiger partial charge in [0.25, 0.3) is 0 Å². The van der Waals surface area contributed by atoms with Crippen LogP contribution < -0.4 is 20.7 Å². The van der Waals surface area contributed by atoms with Gasteiger partial charge in [-0.25, -0.2) is 22.5 Å². The van der Waals surface area contributed by atoms with E-state index in [1.807, 2.05) is 13.8 Å². The average Bonchev–Trinajstić information content (AvgIpc) is 3.32. The normalized spacial score (nSPS) is 34.6. The van der Waals surface area contributed by atoms with Gasteiger partial charge in [-0.05, 0) is 53.2 Å². The second-order valence-corrected chi connectivity index (χ2v) is 15.1. The number of aliphatic imine (C=N–C) groups is 1. The minimum atomic E-state index is -3.56. The molecule has 1 aromatic rings. The lowest BCUT2D eigenvalue weighted by atomic mass is 9.50. The van der Waals surface area contributed by atoms with Crippen LogP contribution in [-0.2, 0) is 29.8 Å². The zero-order chi connectivity index (χ0) is 31.1. The van der Waals surface area contributed by atoms with Gasteiger partial charge in [0, 0.05) is 23.5 Å². The number of hydrogen-bond donors (Lipinski definition) is 4. The van der Waals surface area contributed by atoms with E-state index in [2.05, 4.69) is 32.2 Å². The highest BCUT2D eigenvalue weighted by Gasteiger charge is 2.77. The molecule has 0 aromatic heterocycles. The van der Waals surface area contributed by atoms with Gasteiger partial charge in [-0.1, -0.05) is 49.7 Å². The van der Waals surface area contributed by atoms with Crippen LogP contribution in [0.15, 0.2) is 58.0 Å². The number of sulfonamides is 1. The largest absolute Gasteiger partial charge is 0.370 e. The number of halogens is 3. The molecule has 1 unspecified atom stereocenters. The monoisotopic (exact) mass is 651 g/mol. The first-order valence-electron chi connectivity index (χ1n) is 13.9. The van der Waals surface area contributed by atoms with Crippen molar-refractivity contribution < 1.29 is 27.1 Å². The van der Waals surface area contributed by atoms with Gasteiger partial charge >= 0.3 is 0 Å². The number of ether oxygens (including phenoxy) is 1. The van der Waals surface area contributed by atoms with E-state index in [9.17, 15) is 18.0 Å². The van der Waals surface area contributed by atoms with Crippen LogP contribution in [0, 0.1) is 11.3 Å². The van der Waals surface area contributed by atoms with Gasteiger partial charge in [0.15, 0.2) is 0 Å². The number of nitrogens with one attached hydrogen (secondary N) is 4. The number of amides is 2. The van der Waals surface area contributed by atoms with E-state index in [-0.39, 0.29) is 18.3 Å². The van der Waals surface area contributed by atoms with Crippen LogP contribution in [-0.4, -0.2) is 69.6 Å². The summed E-state index contributed by atoms with van der Waals surface area (Å²) in [5.74, 6) is -2.98. The van der Waals surface area contributed by atoms with Crippen molar-refractivity contribution in [1.29, 1.82) is 0 Å². The molecule has 10 nitrogen and oxygen atoms in total. The minimum absolute atomic E-state index is 0.0386. The SMILES string of the molecule is C=C(Cl)N=C/C=C(\F)[C@H]1[C@H]2NC3(CCC(C)(C)C4=C3[C@H](CO[C@@H]4CNS(C)(=O)=O)NC2=O)[C@@]12C(=O)Nc1cc(Cl)ccc12. The standard InChI is InChI=1S/C29H32Cl2FN5O5S/c1-14(30)33-10-7-17(32)21-24-25(38)35-19-13-42-20(12-34-43(4,40)41)23-22(19)28(37-24,9-8-27(23,2)3)29(21)16-6-5-15(31)11-18(16)36-26(29)39/h5-7,10-11,19-21,24,34,37H,1,8-9,12-13H2,2-4H3,(H,35,38)(H,36,39)/b17-7-,33-10?/t19-,20+,21-,24+,28?,29+/m0/s1. The van der Waals surface area contributed by atoms with Crippen molar-refractivity contribution >= 4 is 56.9 Å². The Bertz CT molecular complexity index is 1660. The Kier molecular flexibility index (Phi) is 7.23. The predicted molar refractivity (Wildman–Crippen MR) is 162 cm³/mol. The number of carbonyl (C=O) groups excluding carboxylic acids is 2. The highest BCUT2D eigenvalue weighted by molar-refractivity contribution is 7.88. The fraction of sp³-hybridized carbons (Fsp3) is 0.483. The van der Waals surface area contributed by atoms with Crippen molar-refractivity contribution in [3.05, 3.63) is 63.6 Å². The van der Waals surface area contributed by atoms with Crippen LogP contribution in [0.2, 0.25) is 5.02 Å². The van der Waals surface area contributed by atoms with Crippen molar-refractivity contribution in [3.8, 4) is 0 Å². The molecule has 4 N–H and O–H groups in total. The van der Waals surface area contributed by atoms with E-state index >= 15 is 4.39 Å². The number of hydrogen-bond acceptors (Lipinski definition) is 7. The molecule has 6 atom stereocenters. The van der Waals surface area contributed by atoms with Crippen LogP contribution in [0.25, 0.3) is 0 Å². The summed E-state index contributed by atoms with van der Waals surface area (Å²) < 4.78 is 49.6. The summed E-state index contributed by atoms with van der Waals surface area (Å²) in [6.07, 6.45) is 3.57. The molecule has 2 amide bonds. The Balaban J connectivity index is 1.67. The molecule has 0 saturated carbocycles. The molecule has 2 saturated heterocycles. The van der Waals surface area contributed by atoms with Gasteiger partial charge in [-0.2, -0.15) is 0 Å². The van der Waals surface area contributed by atoms with Gasteiger partial charge in [-0.15, -0.1) is 0 Å². The van der Waals surface area contributed by atoms with Crippen LogP contribution in [0.4, 0.5) is 10.1 Å². The Hall–Kier alpha value is -2.61. The maximum Gasteiger partial charge on any atom is 0.238 e. The van der Waals surface area contributed by atoms with Gasteiger partial charge in [-0.3, -0.25) is 14.9 Å². The van der Waals surface area contributed by atoms with E-state index in [1.54, 1.807) is 18.2 Å². The molecule has 2 spiro atoms. The summed E-state index contributed by atoms with van der Waals surface area (Å²) in [6, 6.07) is 3.20. The third-order valence-corrected chi connectivity index (χ3v) is 10.5. The molecule has 6 rings (SSSR count). The highest BCUT2D eigenvalue weighted by atomic mass is 35.5. The van der Waals surface area contributed by atoms with Crippen molar-refractivity contribution in [3.63, 3.8) is 0 Å². The lowest BCUT2D eigenvalue weighted by Crippen LogP contribution is -2.67. The summed E-state index contributed by atoms with van der Waals surface area (Å²) in [7, 11) is -3.56. The van der Waals surface area contributed by atoms with E-state index in [0.29, 0.717) is 29.1 Å². The second kappa shape index (κ2) is 10.2. The quantitative estimate of drug-likeness (QED) is 0.212. The third kappa shape index (κ3) is 4.52. The summed E-state index contributed by atoms with van der Waals surface area (Å²) in [6.45, 7) is 7.56. The molecule has 4 aliphatic heterocycles. The summed E-state index contributed by atoms with van der Waals surface area (Å²) in [5, 5.41) is 9.81. The maximum absolute atomic E-state index is 16.6. The van der Waals surface area contributed by atoms with E-state index < -0.39 is 68.1 Å². The van der Waals surface area contributed by atoms with Crippen molar-refractivity contribution in [2.24, 2.45) is 16.3 Å². The fourth-order valence-corrected chi connectivity index (χ4v) is 8.74. The molecule has 5 aliphatic rings. The number of carbonyl (C=O) groups is 2. The van der Waals surface area contributed by atoms with E-state index in [1.165, 1.54) is 0 Å². The van der Waals surface area contributed by atoms with E-state index in [4.69, 9.17) is 27.9 Å². The Morgan fingerprint density at radius 3 is 2.72 bits per heavy atom. The van der Waals surface area contributed by atoms with Crippen molar-refractivity contribution in [2.75, 3.05) is 24.7 Å². The number of benzene rings is 1. The third-order valence-electron chi connectivity index (χ3n) is 9.50. The molecule has 0 radical (unpaired) electrons. The summed E-state index contributed by atoms with van der Waals surface area (Å²) in [5.41, 5.74) is -0.918. The maximum atomic E-state index is 16.6. The first-order chi connectivity index (χ1) is 20.1. The number of anilines is 1. The zero-order valence-electron chi connectivity index (χ0n) is 23.8. The van der Waals surface area contributed by atoms with Gasteiger partial charge in [0.2, 0.25) is 21.8 Å². The van der Waals surface area contributed by atoms with Gasteiger partial charge in [0.1, 0.15) is 16.4 Å². The fourth-order valence-electron chi connectivity index (χ4n) is 8.05. The van der Waals surface area contributed by atoms with Crippen LogP contribution >= 0.6 is 23.2 Å². The van der Waals surface area contributed by atoms with E-state index in [0.717, 1.165) is 29.7 Å². The molecule has 1 aromatic carbocycles. The predicted octanol–water partition coefficient (Wildman–Crippen LogP) is 3.05. The highest BCUT2D eigenvalue weighted by Crippen LogP contribution is 2.66. The van der Waals surface area contributed by atoms with Crippen LogP contribution in [0.5, 0.6) is 0 Å². The molecule has 230 valence electrons. The first-order valence-corrected chi connectivity index (χ1v) is 16.5. The summed E-state index contributed by atoms with van der Waals surface area (Å²) >= 11 is 12.1. The molecular formula is C29H32Cl2FN5O5S. The van der Waals surface area contributed by atoms with Crippen LogP contribution in [0.3, 0.4) is 0 Å². The molecule has 2 fully saturated rings. The van der Waals surface area contributed by atoms with Crippen molar-refractivity contribution in [1.82, 2.24) is 15.4 Å². The zero-order valence-corrected chi connectivity index (χ0v) is 26.1. The Morgan fingerprint density at radius 1 is 1.28 bits per heavy atom. The average molecular weight is 653 g/mol. The van der Waals surface area contributed by atoms with Gasteiger partial charge < -0.3 is 15.4 Å². The Labute approximate surface area is 259 Å². The molecular weight excluding hydrogens is 620 g/mol. The number of nitrogens with zero attached hydrogens (tertiary/aromatic N) is 1. The molecule has 1 aliphatic carbocycles. The summed E-state index contributed by atoms with van der Waals surface area (Å²) in [4.78, 5) is 32.4. The lowest BCUT2D eigenvalue weighted by molar-refractivity contribution is -0.127. The molecule has 43 heavy (non-hydrogen) atoms. The topological polar surface area (TPSA) is 138 Å².